The quantitative estimate of drug-likeness (QED) is 0.692. The fraction of sp³-hybridized carbons (Fsp3) is 1.00. The molecule has 3 aliphatic rings. The van der Waals surface area contributed by atoms with Crippen molar-refractivity contribution in [2.24, 2.45) is 23.0 Å². The molecule has 0 unspecified atom stereocenters. The van der Waals surface area contributed by atoms with Crippen LogP contribution in [0, 0.1) is 17.3 Å². The van der Waals surface area contributed by atoms with E-state index in [1.165, 1.54) is 58.2 Å². The maximum atomic E-state index is 5.88. The molecule has 2 nitrogen and oxygen atoms in total. The summed E-state index contributed by atoms with van der Waals surface area (Å²) in [5.74, 6) is 2.08. The molecule has 2 N–H and O–H groups in total. The molecule has 0 saturated heterocycles. The van der Waals surface area contributed by atoms with E-state index in [4.69, 9.17) is 5.73 Å². The highest BCUT2D eigenvalue weighted by molar-refractivity contribution is 4.97. The van der Waals surface area contributed by atoms with Crippen LogP contribution in [0.5, 0.6) is 0 Å². The van der Waals surface area contributed by atoms with Crippen molar-refractivity contribution in [1.82, 2.24) is 4.90 Å². The number of hydrogen-bond donors (Lipinski definition) is 1. The van der Waals surface area contributed by atoms with E-state index in [1.54, 1.807) is 0 Å². The third-order valence-electron chi connectivity index (χ3n) is 4.38. The van der Waals surface area contributed by atoms with Gasteiger partial charge in [0.25, 0.3) is 0 Å². The highest BCUT2D eigenvalue weighted by atomic mass is 15.1. The van der Waals surface area contributed by atoms with Crippen molar-refractivity contribution in [3.8, 4) is 0 Å². The van der Waals surface area contributed by atoms with Gasteiger partial charge in [-0.1, -0.05) is 0 Å². The van der Waals surface area contributed by atoms with E-state index in [2.05, 4.69) is 4.90 Å². The first-order valence-electron chi connectivity index (χ1n) is 6.72. The summed E-state index contributed by atoms with van der Waals surface area (Å²) in [6.07, 6.45) is 8.70. The molecule has 3 fully saturated rings. The van der Waals surface area contributed by atoms with Crippen molar-refractivity contribution < 1.29 is 0 Å². The minimum absolute atomic E-state index is 0.545. The van der Waals surface area contributed by atoms with Gasteiger partial charge in [0.1, 0.15) is 0 Å². The van der Waals surface area contributed by atoms with Crippen molar-refractivity contribution in [3.05, 3.63) is 0 Å². The molecule has 0 atom stereocenters. The standard InChI is InChI=1S/C13H24N2/c14-9-13(5-6-13)10-15(7-11-1-2-11)8-12-3-4-12/h11-12H,1-10,14H2. The lowest BCUT2D eigenvalue weighted by molar-refractivity contribution is 0.206. The molecule has 0 heterocycles. The van der Waals surface area contributed by atoms with Gasteiger partial charge >= 0.3 is 0 Å². The van der Waals surface area contributed by atoms with Crippen LogP contribution in [0.1, 0.15) is 38.5 Å². The predicted molar refractivity (Wildman–Crippen MR) is 62.6 cm³/mol. The maximum absolute atomic E-state index is 5.88. The number of nitrogens with two attached hydrogens (primary N) is 1. The first-order chi connectivity index (χ1) is 7.30. The Morgan fingerprint density at radius 1 is 1.00 bits per heavy atom. The zero-order valence-corrected chi connectivity index (χ0v) is 9.75. The normalized spacial score (nSPS) is 28.4. The molecule has 3 saturated carbocycles. The molecule has 3 rings (SSSR count). The molecule has 0 aliphatic heterocycles. The van der Waals surface area contributed by atoms with E-state index < -0.39 is 0 Å². The van der Waals surface area contributed by atoms with E-state index in [-0.39, 0.29) is 0 Å². The van der Waals surface area contributed by atoms with Gasteiger partial charge < -0.3 is 10.6 Å². The number of hydrogen-bond acceptors (Lipinski definition) is 2. The summed E-state index contributed by atoms with van der Waals surface area (Å²) < 4.78 is 0. The molecule has 3 aliphatic carbocycles. The van der Waals surface area contributed by atoms with Gasteiger partial charge in [-0.2, -0.15) is 0 Å². The topological polar surface area (TPSA) is 29.3 Å². The van der Waals surface area contributed by atoms with Crippen LogP contribution in [0.2, 0.25) is 0 Å². The second-order valence-corrected chi connectivity index (χ2v) is 6.28. The third-order valence-corrected chi connectivity index (χ3v) is 4.38. The lowest BCUT2D eigenvalue weighted by Gasteiger charge is -2.26. The number of rotatable bonds is 7. The summed E-state index contributed by atoms with van der Waals surface area (Å²) in [6.45, 7) is 4.96. The molecule has 0 radical (unpaired) electrons. The highest BCUT2D eigenvalue weighted by Gasteiger charge is 2.43. The first kappa shape index (κ1) is 10.1. The highest BCUT2D eigenvalue weighted by Crippen LogP contribution is 2.46. The first-order valence-corrected chi connectivity index (χ1v) is 6.72. The summed E-state index contributed by atoms with van der Waals surface area (Å²) in [6, 6.07) is 0. The molecule has 0 aromatic rings. The Labute approximate surface area is 93.2 Å². The molecular weight excluding hydrogens is 184 g/mol. The zero-order valence-electron chi connectivity index (χ0n) is 9.75. The van der Waals surface area contributed by atoms with Gasteiger partial charge in [0.2, 0.25) is 0 Å². The van der Waals surface area contributed by atoms with Gasteiger partial charge in [-0.25, -0.2) is 0 Å². The predicted octanol–water partition coefficient (Wildman–Crippen LogP) is 1.85. The maximum Gasteiger partial charge on any atom is 0.00503 e. The molecule has 0 aromatic carbocycles. The van der Waals surface area contributed by atoms with Crippen molar-refractivity contribution in [2.45, 2.75) is 38.5 Å². The summed E-state index contributed by atoms with van der Waals surface area (Å²) in [5.41, 5.74) is 6.43. The Morgan fingerprint density at radius 2 is 1.53 bits per heavy atom. The van der Waals surface area contributed by atoms with Crippen LogP contribution in [0.3, 0.4) is 0 Å². The van der Waals surface area contributed by atoms with Gasteiger partial charge in [0.15, 0.2) is 0 Å². The fourth-order valence-corrected chi connectivity index (χ4v) is 2.61. The van der Waals surface area contributed by atoms with Gasteiger partial charge in [-0.15, -0.1) is 0 Å². The van der Waals surface area contributed by atoms with Crippen LogP contribution in [0.4, 0.5) is 0 Å². The molecule has 0 spiro atoms. The van der Waals surface area contributed by atoms with Gasteiger partial charge in [-0.3, -0.25) is 0 Å². The molecule has 0 aromatic heterocycles. The largest absolute Gasteiger partial charge is 0.330 e. The van der Waals surface area contributed by atoms with Gasteiger partial charge in [0.05, 0.1) is 0 Å². The second kappa shape index (κ2) is 3.74. The molecule has 0 bridgehead atoms. The summed E-state index contributed by atoms with van der Waals surface area (Å²) in [5, 5.41) is 0. The fourth-order valence-electron chi connectivity index (χ4n) is 2.61. The second-order valence-electron chi connectivity index (χ2n) is 6.28. The van der Waals surface area contributed by atoms with E-state index in [9.17, 15) is 0 Å². The molecule has 86 valence electrons. The van der Waals surface area contributed by atoms with Crippen LogP contribution in [0.15, 0.2) is 0 Å². The van der Waals surface area contributed by atoms with Gasteiger partial charge in [0, 0.05) is 19.6 Å². The summed E-state index contributed by atoms with van der Waals surface area (Å²) >= 11 is 0. The van der Waals surface area contributed by atoms with Crippen molar-refractivity contribution >= 4 is 0 Å². The smallest absolute Gasteiger partial charge is 0.00503 e. The van der Waals surface area contributed by atoms with Crippen LogP contribution in [0.25, 0.3) is 0 Å². The SMILES string of the molecule is NCC1(CN(CC2CC2)CC2CC2)CC1. The minimum atomic E-state index is 0.545. The Hall–Kier alpha value is -0.0800. The zero-order chi connectivity index (χ0) is 10.3. The Bertz CT molecular complexity index is 213. The average molecular weight is 208 g/mol. The molecule has 15 heavy (non-hydrogen) atoms. The monoisotopic (exact) mass is 208 g/mol. The Balaban J connectivity index is 1.50. The summed E-state index contributed by atoms with van der Waals surface area (Å²) in [4.78, 5) is 2.75. The molecule has 0 amide bonds. The van der Waals surface area contributed by atoms with Crippen LogP contribution in [-0.2, 0) is 0 Å². The van der Waals surface area contributed by atoms with E-state index in [0.717, 1.165) is 18.4 Å². The van der Waals surface area contributed by atoms with Crippen molar-refractivity contribution in [1.29, 1.82) is 0 Å². The van der Waals surface area contributed by atoms with E-state index in [1.807, 2.05) is 0 Å². The molecular formula is C13H24N2. The van der Waals surface area contributed by atoms with Crippen LogP contribution < -0.4 is 5.73 Å². The van der Waals surface area contributed by atoms with Crippen molar-refractivity contribution in [2.75, 3.05) is 26.2 Å². The summed E-state index contributed by atoms with van der Waals surface area (Å²) in [7, 11) is 0. The average Bonchev–Trinajstić information content (AvgIpc) is 3.06. The van der Waals surface area contributed by atoms with Crippen molar-refractivity contribution in [3.63, 3.8) is 0 Å². The van der Waals surface area contributed by atoms with E-state index >= 15 is 0 Å². The molecule has 2 heteroatoms. The van der Waals surface area contributed by atoms with E-state index in [0.29, 0.717) is 5.41 Å². The van der Waals surface area contributed by atoms with Crippen LogP contribution >= 0.6 is 0 Å². The number of nitrogens with zero attached hydrogens (tertiary/aromatic N) is 1. The Kier molecular flexibility index (Phi) is 2.52. The Morgan fingerprint density at radius 3 is 1.87 bits per heavy atom. The minimum Gasteiger partial charge on any atom is -0.330 e. The van der Waals surface area contributed by atoms with Crippen LogP contribution in [-0.4, -0.2) is 31.1 Å². The third kappa shape index (κ3) is 2.73. The lowest BCUT2D eigenvalue weighted by Crippen LogP contribution is -2.36. The lowest BCUT2D eigenvalue weighted by atomic mass is 10.1. The van der Waals surface area contributed by atoms with Gasteiger partial charge in [-0.05, 0) is 62.3 Å².